The third-order valence-electron chi connectivity index (χ3n) is 5.51. The Morgan fingerprint density at radius 2 is 1.58 bits per heavy atom. The quantitative estimate of drug-likeness (QED) is 0.395. The van der Waals surface area contributed by atoms with Gasteiger partial charge in [-0.25, -0.2) is 4.79 Å². The van der Waals surface area contributed by atoms with Crippen LogP contribution >= 0.6 is 0 Å². The number of benzene rings is 3. The third-order valence-corrected chi connectivity index (χ3v) is 5.51. The minimum absolute atomic E-state index is 0.0596. The molecule has 1 aliphatic rings. The number of fused-ring (bicyclic) bond motifs is 3. The number of ether oxygens (including phenoxy) is 3. The van der Waals surface area contributed by atoms with Gasteiger partial charge in [-0.05, 0) is 46.5 Å². The fourth-order valence-electron chi connectivity index (χ4n) is 3.92. The van der Waals surface area contributed by atoms with E-state index in [2.05, 4.69) is 41.4 Å². The molecule has 1 amide bonds. The van der Waals surface area contributed by atoms with Crippen molar-refractivity contribution in [2.75, 3.05) is 33.5 Å². The van der Waals surface area contributed by atoms with Gasteiger partial charge >= 0.3 is 6.09 Å². The minimum atomic E-state index is -0.420. The van der Waals surface area contributed by atoms with Gasteiger partial charge in [0.05, 0.1) is 6.61 Å². The Balaban J connectivity index is 1.21. The van der Waals surface area contributed by atoms with E-state index in [1.54, 1.807) is 7.11 Å². The highest BCUT2D eigenvalue weighted by molar-refractivity contribution is 5.79. The van der Waals surface area contributed by atoms with E-state index >= 15 is 0 Å². The molecule has 1 N–H and O–H groups in total. The lowest BCUT2D eigenvalue weighted by Crippen LogP contribution is -2.26. The van der Waals surface area contributed by atoms with Crippen molar-refractivity contribution in [3.63, 3.8) is 0 Å². The van der Waals surface area contributed by atoms with Crippen LogP contribution in [-0.4, -0.2) is 39.6 Å². The molecule has 1 aliphatic carbocycles. The highest BCUT2D eigenvalue weighted by Crippen LogP contribution is 2.44. The summed E-state index contributed by atoms with van der Waals surface area (Å²) in [6, 6.07) is 24.2. The average Bonchev–Trinajstić information content (AvgIpc) is 3.17. The van der Waals surface area contributed by atoms with Crippen LogP contribution in [0.1, 0.15) is 29.0 Å². The zero-order valence-corrected chi connectivity index (χ0v) is 18.7. The van der Waals surface area contributed by atoms with E-state index in [0.29, 0.717) is 32.8 Å². The third kappa shape index (κ3) is 5.74. The summed E-state index contributed by atoms with van der Waals surface area (Å²) in [6.07, 6.45) is 0.118. The summed E-state index contributed by atoms with van der Waals surface area (Å²) >= 11 is 0. The Labute approximate surface area is 194 Å². The Hall–Kier alpha value is -3.75. The predicted octanol–water partition coefficient (Wildman–Crippen LogP) is 4.99. The second-order valence-electron chi connectivity index (χ2n) is 7.67. The van der Waals surface area contributed by atoms with Crippen LogP contribution in [0.5, 0.6) is 5.75 Å². The van der Waals surface area contributed by atoms with Crippen molar-refractivity contribution in [1.82, 2.24) is 5.32 Å². The number of carbonyl (C=O) groups is 1. The summed E-state index contributed by atoms with van der Waals surface area (Å²) in [5.41, 5.74) is 5.73. The SMILES string of the molecule is COCCOc1ccc(C#CCCNC(=O)OCC2c3ccccc3-c3ccccc32)cc1. The van der Waals surface area contributed by atoms with Gasteiger partial charge in [-0.2, -0.15) is 0 Å². The molecule has 0 spiro atoms. The first-order valence-electron chi connectivity index (χ1n) is 11.1. The molecule has 3 aromatic rings. The summed E-state index contributed by atoms with van der Waals surface area (Å²) in [5, 5.41) is 2.78. The summed E-state index contributed by atoms with van der Waals surface area (Å²) in [5.74, 6) is 7.01. The van der Waals surface area contributed by atoms with Crippen molar-refractivity contribution in [3.8, 4) is 28.7 Å². The number of carbonyl (C=O) groups excluding carboxylic acids is 1. The average molecular weight is 442 g/mol. The molecule has 0 saturated carbocycles. The summed E-state index contributed by atoms with van der Waals surface area (Å²) < 4.78 is 16.0. The number of amides is 1. The van der Waals surface area contributed by atoms with Crippen LogP contribution < -0.4 is 10.1 Å². The normalized spacial score (nSPS) is 11.7. The van der Waals surface area contributed by atoms with E-state index in [1.807, 2.05) is 48.5 Å². The molecule has 0 aromatic heterocycles. The number of hydrogen-bond acceptors (Lipinski definition) is 4. The second kappa shape index (κ2) is 11.2. The molecule has 5 heteroatoms. The van der Waals surface area contributed by atoms with Crippen molar-refractivity contribution >= 4 is 6.09 Å². The predicted molar refractivity (Wildman–Crippen MR) is 128 cm³/mol. The molecule has 0 radical (unpaired) electrons. The minimum Gasteiger partial charge on any atom is -0.491 e. The molecule has 0 aliphatic heterocycles. The Kier molecular flexibility index (Phi) is 7.63. The van der Waals surface area contributed by atoms with Gasteiger partial charge in [0, 0.05) is 31.6 Å². The molecule has 0 atom stereocenters. The Morgan fingerprint density at radius 3 is 2.24 bits per heavy atom. The number of rotatable bonds is 8. The maximum atomic E-state index is 12.2. The number of alkyl carbamates (subject to hydrolysis) is 1. The van der Waals surface area contributed by atoms with Crippen LogP contribution in [0.4, 0.5) is 4.79 Å². The standard InChI is InChI=1S/C28H27NO4/c1-31-18-19-32-22-15-13-21(14-16-22)8-6-7-17-29-28(30)33-20-27-25-11-4-2-9-23(25)24-10-3-5-12-26(24)27/h2-5,9-16,27H,7,17-20H2,1H3,(H,29,30). The summed E-state index contributed by atoms with van der Waals surface area (Å²) in [7, 11) is 1.64. The van der Waals surface area contributed by atoms with Gasteiger partial charge in [-0.1, -0.05) is 60.4 Å². The summed E-state index contributed by atoms with van der Waals surface area (Å²) in [6.45, 7) is 1.81. The highest BCUT2D eigenvalue weighted by atomic mass is 16.5. The second-order valence-corrected chi connectivity index (χ2v) is 7.67. The zero-order valence-electron chi connectivity index (χ0n) is 18.7. The molecule has 0 unspecified atom stereocenters. The van der Waals surface area contributed by atoms with Crippen molar-refractivity contribution < 1.29 is 19.0 Å². The molecule has 33 heavy (non-hydrogen) atoms. The number of nitrogens with one attached hydrogen (secondary N) is 1. The van der Waals surface area contributed by atoms with Gasteiger partial charge in [-0.3, -0.25) is 0 Å². The summed E-state index contributed by atoms with van der Waals surface area (Å²) in [4.78, 5) is 12.2. The maximum Gasteiger partial charge on any atom is 0.407 e. The van der Waals surface area contributed by atoms with E-state index in [4.69, 9.17) is 14.2 Å². The topological polar surface area (TPSA) is 56.8 Å². The maximum absolute atomic E-state index is 12.2. The fraction of sp³-hybridized carbons (Fsp3) is 0.250. The molecule has 0 fully saturated rings. The van der Waals surface area contributed by atoms with Gasteiger partial charge in [-0.15, -0.1) is 0 Å². The lowest BCUT2D eigenvalue weighted by atomic mass is 9.98. The monoisotopic (exact) mass is 441 g/mol. The van der Waals surface area contributed by atoms with Crippen LogP contribution in [0, 0.1) is 11.8 Å². The van der Waals surface area contributed by atoms with E-state index in [-0.39, 0.29) is 5.92 Å². The lowest BCUT2D eigenvalue weighted by molar-refractivity contribution is 0.143. The van der Waals surface area contributed by atoms with E-state index in [0.717, 1.165) is 11.3 Å². The molecule has 4 rings (SSSR count). The molecule has 0 heterocycles. The first-order chi connectivity index (χ1) is 16.3. The van der Waals surface area contributed by atoms with E-state index < -0.39 is 6.09 Å². The van der Waals surface area contributed by atoms with Crippen LogP contribution in [0.15, 0.2) is 72.8 Å². The molecule has 0 bridgehead atoms. The largest absolute Gasteiger partial charge is 0.491 e. The number of hydrogen-bond donors (Lipinski definition) is 1. The molecular formula is C28H27NO4. The molecule has 168 valence electrons. The van der Waals surface area contributed by atoms with Crippen LogP contribution in [0.2, 0.25) is 0 Å². The molecule has 5 nitrogen and oxygen atoms in total. The Bertz CT molecular complexity index is 1100. The van der Waals surface area contributed by atoms with Crippen LogP contribution in [0.25, 0.3) is 11.1 Å². The van der Waals surface area contributed by atoms with Crippen molar-refractivity contribution in [1.29, 1.82) is 0 Å². The van der Waals surface area contributed by atoms with Crippen molar-refractivity contribution in [2.24, 2.45) is 0 Å². The van der Waals surface area contributed by atoms with Crippen molar-refractivity contribution in [2.45, 2.75) is 12.3 Å². The van der Waals surface area contributed by atoms with E-state index in [9.17, 15) is 4.79 Å². The zero-order chi connectivity index (χ0) is 22.9. The van der Waals surface area contributed by atoms with Gasteiger partial charge < -0.3 is 19.5 Å². The molecular weight excluding hydrogens is 414 g/mol. The first-order valence-corrected chi connectivity index (χ1v) is 11.1. The fourth-order valence-corrected chi connectivity index (χ4v) is 3.92. The van der Waals surface area contributed by atoms with Crippen molar-refractivity contribution in [3.05, 3.63) is 89.5 Å². The first kappa shape index (κ1) is 22.4. The smallest absolute Gasteiger partial charge is 0.407 e. The van der Waals surface area contributed by atoms with Crippen LogP contribution in [0.3, 0.4) is 0 Å². The van der Waals surface area contributed by atoms with Crippen LogP contribution in [-0.2, 0) is 9.47 Å². The van der Waals surface area contributed by atoms with Gasteiger partial charge in [0.2, 0.25) is 0 Å². The highest BCUT2D eigenvalue weighted by Gasteiger charge is 2.28. The van der Waals surface area contributed by atoms with Gasteiger partial charge in [0.1, 0.15) is 19.0 Å². The molecule has 3 aromatic carbocycles. The lowest BCUT2D eigenvalue weighted by Gasteiger charge is -2.14. The Morgan fingerprint density at radius 1 is 0.909 bits per heavy atom. The van der Waals surface area contributed by atoms with Gasteiger partial charge in [0.15, 0.2) is 0 Å². The van der Waals surface area contributed by atoms with Gasteiger partial charge in [0.25, 0.3) is 0 Å². The van der Waals surface area contributed by atoms with E-state index in [1.165, 1.54) is 22.3 Å². The molecule has 0 saturated heterocycles. The number of methoxy groups -OCH3 is 1.